The predicted octanol–water partition coefficient (Wildman–Crippen LogP) is 1.38. The molecular weight excluding hydrogens is 266 g/mol. The summed E-state index contributed by atoms with van der Waals surface area (Å²) >= 11 is 0. The van der Waals surface area contributed by atoms with E-state index >= 15 is 0 Å². The summed E-state index contributed by atoms with van der Waals surface area (Å²) in [6.07, 6.45) is 4.82. The van der Waals surface area contributed by atoms with Crippen molar-refractivity contribution in [3.8, 4) is 0 Å². The zero-order valence-electron chi connectivity index (χ0n) is 12.0. The summed E-state index contributed by atoms with van der Waals surface area (Å²) in [5, 5.41) is 1.67. The maximum absolute atomic E-state index is 5.99. The lowest BCUT2D eigenvalue weighted by molar-refractivity contribution is -0.165. The minimum atomic E-state index is -0.452. The van der Waals surface area contributed by atoms with Gasteiger partial charge in [0.25, 0.3) is 0 Å². The van der Waals surface area contributed by atoms with E-state index in [0.717, 1.165) is 32.1 Å². The molecule has 1 aliphatic carbocycles. The van der Waals surface area contributed by atoms with Gasteiger partial charge in [-0.15, -0.1) is 0 Å². The molecule has 21 heavy (non-hydrogen) atoms. The molecule has 0 radical (unpaired) electrons. The van der Waals surface area contributed by atoms with Gasteiger partial charge in [0.1, 0.15) is 0 Å². The zero-order valence-corrected chi connectivity index (χ0v) is 12.0. The number of hydrogen-bond acceptors (Lipinski definition) is 6. The van der Waals surface area contributed by atoms with Crippen molar-refractivity contribution in [2.45, 2.75) is 37.8 Å². The number of hydroxylamine groups is 2. The van der Waals surface area contributed by atoms with Gasteiger partial charge in [-0.3, -0.25) is 4.84 Å². The van der Waals surface area contributed by atoms with Gasteiger partial charge in [0.2, 0.25) is 11.9 Å². The summed E-state index contributed by atoms with van der Waals surface area (Å²) in [4.78, 5) is 14.4. The highest BCUT2D eigenvalue weighted by Crippen LogP contribution is 2.38. The third-order valence-corrected chi connectivity index (χ3v) is 4.00. The molecular formula is C15H21N5O. The van der Waals surface area contributed by atoms with Gasteiger partial charge in [-0.1, -0.05) is 30.3 Å². The fourth-order valence-corrected chi connectivity index (χ4v) is 3.00. The standard InChI is InChI=1S/C15H21N5O/c16-13-18-14(17)20(15(19-13)9-4-5-10-15)21-11-8-12-6-2-1-3-7-12/h1-3,6-7H,4-5,8-11H2,(H4,16,17,18,19). The van der Waals surface area contributed by atoms with Crippen LogP contribution in [0, 0.1) is 0 Å². The van der Waals surface area contributed by atoms with Crippen molar-refractivity contribution in [2.24, 2.45) is 21.5 Å². The molecule has 0 aromatic heterocycles. The average molecular weight is 287 g/mol. The summed E-state index contributed by atoms with van der Waals surface area (Å²) in [5.41, 5.74) is 12.5. The second-order valence-corrected chi connectivity index (χ2v) is 5.49. The lowest BCUT2D eigenvalue weighted by Crippen LogP contribution is -2.55. The van der Waals surface area contributed by atoms with E-state index in [2.05, 4.69) is 22.1 Å². The first-order valence-corrected chi connectivity index (χ1v) is 7.36. The molecule has 0 saturated heterocycles. The first-order chi connectivity index (χ1) is 10.2. The van der Waals surface area contributed by atoms with Crippen molar-refractivity contribution in [1.82, 2.24) is 5.06 Å². The van der Waals surface area contributed by atoms with Crippen LogP contribution in [0.3, 0.4) is 0 Å². The van der Waals surface area contributed by atoms with Crippen LogP contribution in [0.15, 0.2) is 40.3 Å². The molecule has 0 atom stereocenters. The smallest absolute Gasteiger partial charge is 0.226 e. The molecule has 3 rings (SSSR count). The van der Waals surface area contributed by atoms with Crippen molar-refractivity contribution < 1.29 is 4.84 Å². The Morgan fingerprint density at radius 1 is 1.14 bits per heavy atom. The van der Waals surface area contributed by atoms with E-state index in [4.69, 9.17) is 16.3 Å². The van der Waals surface area contributed by atoms with E-state index in [0.29, 0.717) is 12.6 Å². The van der Waals surface area contributed by atoms with E-state index < -0.39 is 5.66 Å². The molecule has 1 fully saturated rings. The molecule has 0 bridgehead atoms. The molecule has 2 aliphatic rings. The number of guanidine groups is 2. The summed E-state index contributed by atoms with van der Waals surface area (Å²) in [6, 6.07) is 10.2. The second kappa shape index (κ2) is 5.73. The minimum Gasteiger partial charge on any atom is -0.368 e. The fourth-order valence-electron chi connectivity index (χ4n) is 3.00. The number of nitrogens with zero attached hydrogens (tertiary/aromatic N) is 3. The average Bonchev–Trinajstić information content (AvgIpc) is 2.92. The highest BCUT2D eigenvalue weighted by molar-refractivity contribution is 5.95. The van der Waals surface area contributed by atoms with Crippen LogP contribution >= 0.6 is 0 Å². The Labute approximate surface area is 124 Å². The van der Waals surface area contributed by atoms with Crippen molar-refractivity contribution in [3.05, 3.63) is 35.9 Å². The molecule has 4 N–H and O–H groups in total. The van der Waals surface area contributed by atoms with E-state index in [-0.39, 0.29) is 5.96 Å². The minimum absolute atomic E-state index is 0.248. The van der Waals surface area contributed by atoms with Gasteiger partial charge in [0, 0.05) is 0 Å². The largest absolute Gasteiger partial charge is 0.368 e. The number of benzene rings is 1. The topological polar surface area (TPSA) is 89.2 Å². The Morgan fingerprint density at radius 3 is 2.57 bits per heavy atom. The van der Waals surface area contributed by atoms with Gasteiger partial charge in [-0.05, 0) is 37.7 Å². The Kier molecular flexibility index (Phi) is 3.79. The van der Waals surface area contributed by atoms with Crippen LogP contribution in [0.1, 0.15) is 31.2 Å². The SMILES string of the molecule is NC1=NC2(CCCC2)N(OCCc2ccccc2)C(N)=N1. The lowest BCUT2D eigenvalue weighted by Gasteiger charge is -2.39. The molecule has 1 aliphatic heterocycles. The Morgan fingerprint density at radius 2 is 1.86 bits per heavy atom. The van der Waals surface area contributed by atoms with Gasteiger partial charge in [0.15, 0.2) is 5.66 Å². The third kappa shape index (κ3) is 2.85. The monoisotopic (exact) mass is 287 g/mol. The van der Waals surface area contributed by atoms with Crippen molar-refractivity contribution in [3.63, 3.8) is 0 Å². The van der Waals surface area contributed by atoms with E-state index in [1.807, 2.05) is 18.2 Å². The van der Waals surface area contributed by atoms with Gasteiger partial charge < -0.3 is 11.5 Å². The van der Waals surface area contributed by atoms with Crippen LogP contribution in [0.25, 0.3) is 0 Å². The molecule has 1 aromatic carbocycles. The maximum Gasteiger partial charge on any atom is 0.226 e. The molecule has 6 nitrogen and oxygen atoms in total. The van der Waals surface area contributed by atoms with Crippen LogP contribution < -0.4 is 11.5 Å². The first-order valence-electron chi connectivity index (χ1n) is 7.36. The zero-order chi connectivity index (χ0) is 14.7. The van der Waals surface area contributed by atoms with Crippen LogP contribution in [-0.4, -0.2) is 29.3 Å². The molecule has 1 saturated carbocycles. The number of nitrogens with two attached hydrogens (primary N) is 2. The van der Waals surface area contributed by atoms with E-state index in [9.17, 15) is 0 Å². The van der Waals surface area contributed by atoms with E-state index in [1.54, 1.807) is 5.06 Å². The van der Waals surface area contributed by atoms with Crippen molar-refractivity contribution in [2.75, 3.05) is 6.61 Å². The molecule has 0 unspecified atom stereocenters. The quantitative estimate of drug-likeness (QED) is 0.875. The summed E-state index contributed by atoms with van der Waals surface area (Å²) < 4.78 is 0. The summed E-state index contributed by atoms with van der Waals surface area (Å²) in [5.74, 6) is 0.551. The highest BCUT2D eigenvalue weighted by atomic mass is 16.7. The summed E-state index contributed by atoms with van der Waals surface area (Å²) in [7, 11) is 0. The molecule has 112 valence electrons. The number of rotatable bonds is 4. The van der Waals surface area contributed by atoms with Crippen LogP contribution in [0.2, 0.25) is 0 Å². The van der Waals surface area contributed by atoms with Gasteiger partial charge in [0.05, 0.1) is 6.61 Å². The molecule has 0 amide bonds. The van der Waals surface area contributed by atoms with Gasteiger partial charge in [-0.25, -0.2) is 4.99 Å². The fraction of sp³-hybridized carbons (Fsp3) is 0.467. The Balaban J connectivity index is 1.67. The maximum atomic E-state index is 5.99. The molecule has 6 heteroatoms. The highest BCUT2D eigenvalue weighted by Gasteiger charge is 2.44. The number of hydrogen-bond donors (Lipinski definition) is 2. The molecule has 1 spiro atoms. The van der Waals surface area contributed by atoms with Crippen LogP contribution in [-0.2, 0) is 11.3 Å². The third-order valence-electron chi connectivity index (χ3n) is 4.00. The first kappa shape index (κ1) is 13.9. The number of aliphatic imine (C=N–C) groups is 2. The second-order valence-electron chi connectivity index (χ2n) is 5.49. The Bertz CT molecular complexity index is 548. The predicted molar refractivity (Wildman–Crippen MR) is 82.4 cm³/mol. The van der Waals surface area contributed by atoms with Gasteiger partial charge in [-0.2, -0.15) is 10.1 Å². The molecule has 1 heterocycles. The normalized spacial score (nSPS) is 20.5. The lowest BCUT2D eigenvalue weighted by atomic mass is 10.1. The van der Waals surface area contributed by atoms with Crippen molar-refractivity contribution >= 4 is 11.9 Å². The molecule has 1 aromatic rings. The Hall–Kier alpha value is -2.08. The van der Waals surface area contributed by atoms with E-state index in [1.165, 1.54) is 5.56 Å². The van der Waals surface area contributed by atoms with Gasteiger partial charge >= 0.3 is 0 Å². The van der Waals surface area contributed by atoms with Crippen LogP contribution in [0.4, 0.5) is 0 Å². The van der Waals surface area contributed by atoms with Crippen molar-refractivity contribution in [1.29, 1.82) is 0 Å². The van der Waals surface area contributed by atoms with Crippen LogP contribution in [0.5, 0.6) is 0 Å². The summed E-state index contributed by atoms with van der Waals surface area (Å²) in [6.45, 7) is 0.539.